The molecule has 0 aliphatic carbocycles. The summed E-state index contributed by atoms with van der Waals surface area (Å²) in [6.45, 7) is 10.0. The summed E-state index contributed by atoms with van der Waals surface area (Å²) in [7, 11) is -0.535. The van der Waals surface area contributed by atoms with E-state index in [-0.39, 0.29) is 17.6 Å². The predicted molar refractivity (Wildman–Crippen MR) is 116 cm³/mol. The van der Waals surface area contributed by atoms with Crippen molar-refractivity contribution in [3.8, 4) is 0 Å². The molecule has 27 heavy (non-hydrogen) atoms. The first kappa shape index (κ1) is 20.0. The molecular weight excluding hydrogens is 353 g/mol. The van der Waals surface area contributed by atoms with Crippen LogP contribution < -0.4 is 10.6 Å². The molecule has 144 valence electrons. The quantitative estimate of drug-likeness (QED) is 0.763. The van der Waals surface area contributed by atoms with Gasteiger partial charge in [-0.1, -0.05) is 74.5 Å². The molecule has 0 amide bonds. The number of ether oxygens (including phenoxy) is 1. The van der Waals surface area contributed by atoms with Gasteiger partial charge in [0, 0.05) is 5.41 Å². The van der Waals surface area contributed by atoms with E-state index in [0.29, 0.717) is 0 Å². The summed E-state index contributed by atoms with van der Waals surface area (Å²) in [6, 6.07) is 21.2. The fourth-order valence-corrected chi connectivity index (χ4v) is 6.23. The summed E-state index contributed by atoms with van der Waals surface area (Å²) in [5.74, 6) is 0.765. The number of hydrogen-bond acceptors (Lipinski definition) is 3. The van der Waals surface area contributed by atoms with Crippen molar-refractivity contribution in [2.75, 3.05) is 6.16 Å². The van der Waals surface area contributed by atoms with Gasteiger partial charge in [0.05, 0.1) is 5.60 Å². The highest BCUT2D eigenvalue weighted by molar-refractivity contribution is 7.73. The zero-order valence-corrected chi connectivity index (χ0v) is 17.8. The first-order valence-electron chi connectivity index (χ1n) is 9.53. The zero-order chi connectivity index (χ0) is 19.7. The zero-order valence-electron chi connectivity index (χ0n) is 16.9. The van der Waals surface area contributed by atoms with Crippen LogP contribution in [0, 0.1) is 5.41 Å². The Morgan fingerprint density at radius 1 is 0.926 bits per heavy atom. The molecule has 3 nitrogen and oxygen atoms in total. The second-order valence-corrected chi connectivity index (χ2v) is 10.7. The Labute approximate surface area is 164 Å². The standard InChI is InChI=1S/C23H30NO2P/c1-17-20(23(4,5)25)24-21(26-17)22(2,3)16-27(18-12-8-6-9-13-18)19-14-10-7-11-15-19/h6-15,17,20,25H,16H2,1-5H3/t17-,20-/m0/s1. The van der Waals surface area contributed by atoms with Gasteiger partial charge in [-0.05, 0) is 45.5 Å². The van der Waals surface area contributed by atoms with Crippen LogP contribution in [0.2, 0.25) is 0 Å². The lowest BCUT2D eigenvalue weighted by Gasteiger charge is -2.30. The molecule has 3 rings (SSSR count). The van der Waals surface area contributed by atoms with Gasteiger partial charge in [0.15, 0.2) is 5.90 Å². The number of nitrogens with zero attached hydrogens (tertiary/aromatic N) is 1. The van der Waals surface area contributed by atoms with E-state index in [0.717, 1.165) is 12.1 Å². The molecule has 1 heterocycles. The Kier molecular flexibility index (Phi) is 5.74. The van der Waals surface area contributed by atoms with Crippen LogP contribution in [0.5, 0.6) is 0 Å². The summed E-state index contributed by atoms with van der Waals surface area (Å²) >= 11 is 0. The van der Waals surface area contributed by atoms with Crippen LogP contribution in [0.15, 0.2) is 65.7 Å². The van der Waals surface area contributed by atoms with Crippen LogP contribution in [0.4, 0.5) is 0 Å². The number of hydrogen-bond donors (Lipinski definition) is 1. The molecule has 0 unspecified atom stereocenters. The van der Waals surface area contributed by atoms with Crippen molar-refractivity contribution in [2.45, 2.75) is 52.4 Å². The SMILES string of the molecule is C[C@@H]1OC(C(C)(C)CP(c2ccccc2)c2ccccc2)=N[C@@H]1C(C)(C)O. The monoisotopic (exact) mass is 383 g/mol. The molecule has 0 aromatic heterocycles. The van der Waals surface area contributed by atoms with Gasteiger partial charge in [0.25, 0.3) is 0 Å². The van der Waals surface area contributed by atoms with Crippen molar-refractivity contribution in [2.24, 2.45) is 10.4 Å². The highest BCUT2D eigenvalue weighted by Gasteiger charge is 2.43. The highest BCUT2D eigenvalue weighted by atomic mass is 31.1. The van der Waals surface area contributed by atoms with E-state index >= 15 is 0 Å². The lowest BCUT2D eigenvalue weighted by atomic mass is 9.95. The molecule has 0 radical (unpaired) electrons. The predicted octanol–water partition coefficient (Wildman–Crippen LogP) is 4.10. The van der Waals surface area contributed by atoms with Crippen LogP contribution in [0.1, 0.15) is 34.6 Å². The van der Waals surface area contributed by atoms with E-state index in [2.05, 4.69) is 74.5 Å². The van der Waals surface area contributed by atoms with Crippen LogP contribution >= 0.6 is 7.92 Å². The highest BCUT2D eigenvalue weighted by Crippen LogP contribution is 2.42. The second-order valence-electron chi connectivity index (χ2n) is 8.50. The van der Waals surface area contributed by atoms with E-state index in [1.165, 1.54) is 10.6 Å². The molecule has 1 N–H and O–H groups in total. The summed E-state index contributed by atoms with van der Waals surface area (Å²) in [6.07, 6.45) is 0.833. The van der Waals surface area contributed by atoms with Gasteiger partial charge in [0.2, 0.25) is 0 Å². The lowest BCUT2D eigenvalue weighted by Crippen LogP contribution is -2.40. The molecule has 4 heteroatoms. The minimum atomic E-state index is -0.888. The number of aliphatic imine (C=N–C) groups is 1. The van der Waals surface area contributed by atoms with Crippen molar-refractivity contribution >= 4 is 24.4 Å². The van der Waals surface area contributed by atoms with Gasteiger partial charge in [-0.15, -0.1) is 0 Å². The third-order valence-corrected chi connectivity index (χ3v) is 7.94. The molecule has 0 fully saturated rings. The van der Waals surface area contributed by atoms with Crippen LogP contribution in [0.25, 0.3) is 0 Å². The lowest BCUT2D eigenvalue weighted by molar-refractivity contribution is 0.0203. The Morgan fingerprint density at radius 3 is 1.81 bits per heavy atom. The van der Waals surface area contributed by atoms with Gasteiger partial charge in [-0.2, -0.15) is 0 Å². The van der Waals surface area contributed by atoms with E-state index in [1.807, 2.05) is 6.92 Å². The Hall–Kier alpha value is -1.70. The molecule has 2 atom stereocenters. The van der Waals surface area contributed by atoms with Crippen LogP contribution in [-0.2, 0) is 4.74 Å². The number of aliphatic hydroxyl groups is 1. The van der Waals surface area contributed by atoms with E-state index in [4.69, 9.17) is 9.73 Å². The van der Waals surface area contributed by atoms with Crippen molar-refractivity contribution in [1.82, 2.24) is 0 Å². The van der Waals surface area contributed by atoms with Gasteiger partial charge in [-0.25, -0.2) is 4.99 Å². The fraction of sp³-hybridized carbons (Fsp3) is 0.435. The first-order valence-corrected chi connectivity index (χ1v) is 11.1. The van der Waals surface area contributed by atoms with Crippen molar-refractivity contribution in [3.05, 3.63) is 60.7 Å². The van der Waals surface area contributed by atoms with Gasteiger partial charge in [0.1, 0.15) is 12.1 Å². The third kappa shape index (κ3) is 4.59. The number of rotatable bonds is 6. The number of benzene rings is 2. The molecule has 1 aliphatic heterocycles. The molecule has 0 bridgehead atoms. The molecule has 2 aromatic rings. The average Bonchev–Trinajstić information content (AvgIpc) is 3.04. The smallest absolute Gasteiger partial charge is 0.190 e. The van der Waals surface area contributed by atoms with E-state index < -0.39 is 13.5 Å². The molecule has 0 saturated heterocycles. The fourth-order valence-electron chi connectivity index (χ4n) is 3.58. The maximum atomic E-state index is 10.4. The maximum absolute atomic E-state index is 10.4. The minimum Gasteiger partial charge on any atom is -0.475 e. The Balaban J connectivity index is 1.91. The summed E-state index contributed by atoms with van der Waals surface area (Å²) in [5, 5.41) is 13.1. The van der Waals surface area contributed by atoms with Crippen LogP contribution in [-0.4, -0.2) is 34.9 Å². The molecule has 0 spiro atoms. The molecule has 2 aromatic carbocycles. The van der Waals surface area contributed by atoms with Crippen molar-refractivity contribution < 1.29 is 9.84 Å². The van der Waals surface area contributed by atoms with Crippen LogP contribution in [0.3, 0.4) is 0 Å². The van der Waals surface area contributed by atoms with Gasteiger partial charge < -0.3 is 9.84 Å². The van der Waals surface area contributed by atoms with Crippen molar-refractivity contribution in [3.63, 3.8) is 0 Å². The van der Waals surface area contributed by atoms with E-state index in [1.54, 1.807) is 13.8 Å². The average molecular weight is 383 g/mol. The molecule has 0 saturated carbocycles. The summed E-state index contributed by atoms with van der Waals surface area (Å²) in [4.78, 5) is 4.81. The minimum absolute atomic E-state index is 0.112. The summed E-state index contributed by atoms with van der Waals surface area (Å²) < 4.78 is 6.14. The molecule has 1 aliphatic rings. The molecular formula is C23H30NO2P. The van der Waals surface area contributed by atoms with Gasteiger partial charge >= 0.3 is 0 Å². The second kappa shape index (κ2) is 7.73. The summed E-state index contributed by atoms with van der Waals surface area (Å²) in [5.41, 5.74) is -1.10. The largest absolute Gasteiger partial charge is 0.475 e. The topological polar surface area (TPSA) is 41.8 Å². The third-order valence-electron chi connectivity index (χ3n) is 4.99. The van der Waals surface area contributed by atoms with Gasteiger partial charge in [-0.3, -0.25) is 0 Å². The normalized spacial score (nSPS) is 20.5. The first-order chi connectivity index (χ1) is 12.7. The Bertz CT molecular complexity index is 742. The van der Waals surface area contributed by atoms with Crippen molar-refractivity contribution in [1.29, 1.82) is 0 Å². The van der Waals surface area contributed by atoms with E-state index in [9.17, 15) is 5.11 Å². The maximum Gasteiger partial charge on any atom is 0.190 e. The Morgan fingerprint density at radius 2 is 1.41 bits per heavy atom.